The lowest BCUT2D eigenvalue weighted by molar-refractivity contribution is -0.117. The molecule has 0 atom stereocenters. The van der Waals surface area contributed by atoms with E-state index in [4.69, 9.17) is 4.42 Å². The van der Waals surface area contributed by atoms with Gasteiger partial charge in [0.05, 0.1) is 23.3 Å². The Hall–Kier alpha value is -3.14. The molecule has 2 heterocycles. The second-order valence-electron chi connectivity index (χ2n) is 5.71. The second kappa shape index (κ2) is 8.70. The summed E-state index contributed by atoms with van der Waals surface area (Å²) in [5, 5.41) is 13.3. The molecule has 0 bridgehead atoms. The van der Waals surface area contributed by atoms with Crippen LogP contribution in [0.5, 0.6) is 0 Å². The first-order chi connectivity index (χ1) is 13.5. The molecule has 3 amide bonds. The third-order valence-electron chi connectivity index (χ3n) is 3.84. The van der Waals surface area contributed by atoms with Crippen molar-refractivity contribution in [1.29, 1.82) is 0 Å². The highest BCUT2D eigenvalue weighted by Gasteiger charge is 2.18. The van der Waals surface area contributed by atoms with Crippen LogP contribution in [0, 0.1) is 12.7 Å². The molecule has 3 rings (SSSR count). The number of aromatic nitrogens is 3. The van der Waals surface area contributed by atoms with Gasteiger partial charge in [0.25, 0.3) is 0 Å². The maximum atomic E-state index is 13.5. The maximum absolute atomic E-state index is 13.5. The highest BCUT2D eigenvalue weighted by molar-refractivity contribution is 7.99. The van der Waals surface area contributed by atoms with Gasteiger partial charge in [0.1, 0.15) is 11.6 Å². The number of aryl methyl sites for hydroxylation is 1. The minimum atomic E-state index is -0.803. The van der Waals surface area contributed by atoms with Crippen LogP contribution < -0.4 is 10.6 Å². The molecule has 1 aromatic carbocycles. The Morgan fingerprint density at radius 1 is 1.25 bits per heavy atom. The molecule has 10 heteroatoms. The average molecular weight is 403 g/mol. The molecule has 0 spiro atoms. The molecule has 28 heavy (non-hydrogen) atoms. The Bertz CT molecular complexity index is 1000. The Morgan fingerprint density at radius 3 is 2.71 bits per heavy atom. The largest absolute Gasteiger partial charge is 0.469 e. The number of rotatable bonds is 6. The number of thioether (sulfide) groups is 1. The summed E-state index contributed by atoms with van der Waals surface area (Å²) >= 11 is 1.15. The third-order valence-corrected chi connectivity index (χ3v) is 4.81. The number of hydrogen-bond donors (Lipinski definition) is 2. The summed E-state index contributed by atoms with van der Waals surface area (Å²) in [6, 6.07) is 6.69. The number of carbonyl (C=O) groups is 2. The number of amides is 3. The van der Waals surface area contributed by atoms with Crippen molar-refractivity contribution in [3.05, 3.63) is 48.2 Å². The molecule has 146 valence electrons. The van der Waals surface area contributed by atoms with E-state index in [1.54, 1.807) is 18.4 Å². The summed E-state index contributed by atoms with van der Waals surface area (Å²) in [6.45, 7) is 4.37. The van der Waals surface area contributed by atoms with E-state index in [1.807, 2.05) is 18.4 Å². The van der Waals surface area contributed by atoms with Crippen molar-refractivity contribution >= 4 is 29.4 Å². The SMILES string of the molecule is CCn1c(SCC(=O)NC(=O)Nc2ccccc2F)nnc1-c1ccoc1C. The Balaban J connectivity index is 1.59. The summed E-state index contributed by atoms with van der Waals surface area (Å²) in [5.74, 6) is 0.200. The van der Waals surface area contributed by atoms with Crippen LogP contribution >= 0.6 is 11.8 Å². The Morgan fingerprint density at radius 2 is 2.04 bits per heavy atom. The molecule has 3 aromatic rings. The third kappa shape index (κ3) is 4.39. The quantitative estimate of drug-likeness (QED) is 0.611. The van der Waals surface area contributed by atoms with E-state index in [1.165, 1.54) is 18.2 Å². The zero-order chi connectivity index (χ0) is 20.1. The number of nitrogens with one attached hydrogen (secondary N) is 2. The summed E-state index contributed by atoms with van der Waals surface area (Å²) in [7, 11) is 0. The predicted octanol–water partition coefficient (Wildman–Crippen LogP) is 3.45. The molecule has 0 aliphatic carbocycles. The van der Waals surface area contributed by atoms with Crippen molar-refractivity contribution in [3.8, 4) is 11.4 Å². The van der Waals surface area contributed by atoms with Gasteiger partial charge in [0.15, 0.2) is 11.0 Å². The number of anilines is 1. The van der Waals surface area contributed by atoms with Gasteiger partial charge in [-0.2, -0.15) is 0 Å². The summed E-state index contributed by atoms with van der Waals surface area (Å²) in [5.41, 5.74) is 0.821. The normalized spacial score (nSPS) is 10.7. The number of furan rings is 1. The molecule has 2 aromatic heterocycles. The van der Waals surface area contributed by atoms with Crippen LogP contribution in [-0.4, -0.2) is 32.5 Å². The fourth-order valence-corrected chi connectivity index (χ4v) is 3.31. The number of carbonyl (C=O) groups excluding carboxylic acids is 2. The van der Waals surface area contributed by atoms with Gasteiger partial charge in [-0.3, -0.25) is 10.1 Å². The van der Waals surface area contributed by atoms with Crippen LogP contribution in [0.15, 0.2) is 46.2 Å². The molecule has 8 nitrogen and oxygen atoms in total. The lowest BCUT2D eigenvalue weighted by atomic mass is 10.2. The van der Waals surface area contributed by atoms with Gasteiger partial charge in [-0.15, -0.1) is 10.2 Å². The summed E-state index contributed by atoms with van der Waals surface area (Å²) in [6.07, 6.45) is 1.58. The van der Waals surface area contributed by atoms with Gasteiger partial charge in [-0.1, -0.05) is 23.9 Å². The first-order valence-electron chi connectivity index (χ1n) is 8.45. The van der Waals surface area contributed by atoms with E-state index < -0.39 is 17.8 Å². The van der Waals surface area contributed by atoms with Crippen LogP contribution in [0.4, 0.5) is 14.9 Å². The van der Waals surface area contributed by atoms with Crippen LogP contribution in [0.25, 0.3) is 11.4 Å². The lowest BCUT2D eigenvalue weighted by Crippen LogP contribution is -2.35. The number of benzene rings is 1. The molecule has 0 aliphatic rings. The van der Waals surface area contributed by atoms with Crippen molar-refractivity contribution in [2.75, 3.05) is 11.1 Å². The summed E-state index contributed by atoms with van der Waals surface area (Å²) in [4.78, 5) is 23.9. The van der Waals surface area contributed by atoms with E-state index in [2.05, 4.69) is 20.8 Å². The minimum Gasteiger partial charge on any atom is -0.469 e. The molecule has 0 radical (unpaired) electrons. The van der Waals surface area contributed by atoms with Gasteiger partial charge in [0.2, 0.25) is 5.91 Å². The van der Waals surface area contributed by atoms with Crippen molar-refractivity contribution in [1.82, 2.24) is 20.1 Å². The zero-order valence-electron chi connectivity index (χ0n) is 15.2. The lowest BCUT2D eigenvalue weighted by Gasteiger charge is -2.08. The van der Waals surface area contributed by atoms with Crippen LogP contribution in [0.3, 0.4) is 0 Å². The highest BCUT2D eigenvalue weighted by Crippen LogP contribution is 2.26. The van der Waals surface area contributed by atoms with E-state index in [0.29, 0.717) is 17.5 Å². The number of halogens is 1. The van der Waals surface area contributed by atoms with Gasteiger partial charge in [0, 0.05) is 6.54 Å². The van der Waals surface area contributed by atoms with Gasteiger partial charge < -0.3 is 14.3 Å². The smallest absolute Gasteiger partial charge is 0.325 e. The first kappa shape index (κ1) is 19.6. The van der Waals surface area contributed by atoms with Crippen LogP contribution in [0.2, 0.25) is 0 Å². The van der Waals surface area contributed by atoms with E-state index in [-0.39, 0.29) is 11.4 Å². The van der Waals surface area contributed by atoms with Gasteiger partial charge >= 0.3 is 6.03 Å². The topological polar surface area (TPSA) is 102 Å². The number of hydrogen-bond acceptors (Lipinski definition) is 6. The average Bonchev–Trinajstić information content (AvgIpc) is 3.27. The van der Waals surface area contributed by atoms with Crippen molar-refractivity contribution in [2.45, 2.75) is 25.5 Å². The van der Waals surface area contributed by atoms with Gasteiger partial charge in [-0.05, 0) is 32.0 Å². The van der Waals surface area contributed by atoms with Gasteiger partial charge in [-0.25, -0.2) is 9.18 Å². The van der Waals surface area contributed by atoms with E-state index in [0.717, 1.165) is 23.1 Å². The molecular weight excluding hydrogens is 385 g/mol. The fourth-order valence-electron chi connectivity index (χ4n) is 2.51. The monoisotopic (exact) mass is 403 g/mol. The molecule has 0 aliphatic heterocycles. The van der Waals surface area contributed by atoms with Crippen molar-refractivity contribution < 1.29 is 18.4 Å². The van der Waals surface area contributed by atoms with E-state index >= 15 is 0 Å². The van der Waals surface area contributed by atoms with Crippen LogP contribution in [0.1, 0.15) is 12.7 Å². The molecular formula is C18H18FN5O3S. The fraction of sp³-hybridized carbons (Fsp3) is 0.222. The zero-order valence-corrected chi connectivity index (χ0v) is 16.0. The number of para-hydroxylation sites is 1. The van der Waals surface area contributed by atoms with E-state index in [9.17, 15) is 14.0 Å². The molecule has 0 saturated carbocycles. The molecule has 0 fully saturated rings. The van der Waals surface area contributed by atoms with Crippen molar-refractivity contribution in [2.24, 2.45) is 0 Å². The minimum absolute atomic E-state index is 0.00805. The highest BCUT2D eigenvalue weighted by atomic mass is 32.2. The second-order valence-corrected chi connectivity index (χ2v) is 6.65. The van der Waals surface area contributed by atoms with Crippen LogP contribution in [-0.2, 0) is 11.3 Å². The molecule has 0 unspecified atom stereocenters. The standard InChI is InChI=1S/C18H18FN5O3S/c1-3-24-16(12-8-9-27-11(12)2)22-23-18(24)28-10-15(25)21-17(26)20-14-7-5-4-6-13(14)19/h4-9H,3,10H2,1-2H3,(H2,20,21,25,26). The maximum Gasteiger partial charge on any atom is 0.325 e. The predicted molar refractivity (Wildman–Crippen MR) is 102 cm³/mol. The van der Waals surface area contributed by atoms with Crippen molar-refractivity contribution in [3.63, 3.8) is 0 Å². The number of urea groups is 1. The Labute approximate surface area is 164 Å². The Kier molecular flexibility index (Phi) is 6.09. The number of imide groups is 1. The number of nitrogens with zero attached hydrogens (tertiary/aromatic N) is 3. The molecule has 0 saturated heterocycles. The molecule has 2 N–H and O–H groups in total. The summed E-state index contributed by atoms with van der Waals surface area (Å²) < 4.78 is 20.7. The first-order valence-corrected chi connectivity index (χ1v) is 9.44.